The molecular formula is C17H18ClN3O5S. The maximum absolute atomic E-state index is 12.6. The SMILES string of the molecule is O=[N+]([O-])c1cc(Cl)ccc1NCc1ccc(S(=O)(=O)N2CCOCC2)cc1. The summed E-state index contributed by atoms with van der Waals surface area (Å²) in [6.07, 6.45) is 0. The van der Waals surface area contributed by atoms with E-state index in [4.69, 9.17) is 16.3 Å². The first-order valence-electron chi connectivity index (χ1n) is 8.22. The van der Waals surface area contributed by atoms with Gasteiger partial charge in [-0.3, -0.25) is 10.1 Å². The van der Waals surface area contributed by atoms with E-state index in [1.54, 1.807) is 18.2 Å². The molecule has 0 radical (unpaired) electrons. The highest BCUT2D eigenvalue weighted by Gasteiger charge is 2.26. The van der Waals surface area contributed by atoms with Crippen LogP contribution in [-0.4, -0.2) is 43.9 Å². The maximum atomic E-state index is 12.6. The first-order valence-corrected chi connectivity index (χ1v) is 10.0. The van der Waals surface area contributed by atoms with Gasteiger partial charge in [-0.15, -0.1) is 0 Å². The van der Waals surface area contributed by atoms with Crippen molar-refractivity contribution in [3.8, 4) is 0 Å². The van der Waals surface area contributed by atoms with Gasteiger partial charge >= 0.3 is 0 Å². The Labute approximate surface area is 161 Å². The van der Waals surface area contributed by atoms with E-state index in [0.717, 1.165) is 5.56 Å². The number of nitro groups is 1. The molecule has 1 saturated heterocycles. The second-order valence-electron chi connectivity index (χ2n) is 5.93. The molecule has 1 N–H and O–H groups in total. The van der Waals surface area contributed by atoms with Gasteiger partial charge in [0.2, 0.25) is 10.0 Å². The fraction of sp³-hybridized carbons (Fsp3) is 0.294. The summed E-state index contributed by atoms with van der Waals surface area (Å²) in [7, 11) is -3.54. The molecule has 144 valence electrons. The molecular weight excluding hydrogens is 394 g/mol. The smallest absolute Gasteiger partial charge is 0.293 e. The van der Waals surface area contributed by atoms with Crippen LogP contribution in [0.2, 0.25) is 5.02 Å². The molecule has 10 heteroatoms. The number of anilines is 1. The summed E-state index contributed by atoms with van der Waals surface area (Å²) >= 11 is 5.80. The number of nitrogens with zero attached hydrogens (tertiary/aromatic N) is 2. The van der Waals surface area contributed by atoms with Gasteiger partial charge in [0.05, 0.1) is 23.0 Å². The normalized spacial score (nSPS) is 15.4. The van der Waals surface area contributed by atoms with Gasteiger partial charge in [-0.2, -0.15) is 4.31 Å². The van der Waals surface area contributed by atoms with Gasteiger partial charge in [-0.25, -0.2) is 8.42 Å². The highest BCUT2D eigenvalue weighted by atomic mass is 35.5. The molecule has 0 aliphatic carbocycles. The quantitative estimate of drug-likeness (QED) is 0.579. The second kappa shape index (κ2) is 8.22. The van der Waals surface area contributed by atoms with E-state index in [0.29, 0.717) is 38.5 Å². The van der Waals surface area contributed by atoms with Crippen LogP contribution in [-0.2, 0) is 21.3 Å². The largest absolute Gasteiger partial charge is 0.379 e. The van der Waals surface area contributed by atoms with Crippen molar-refractivity contribution < 1.29 is 18.1 Å². The van der Waals surface area contributed by atoms with Crippen LogP contribution in [0.5, 0.6) is 0 Å². The molecule has 0 atom stereocenters. The Morgan fingerprint density at radius 1 is 1.15 bits per heavy atom. The van der Waals surface area contributed by atoms with Gasteiger partial charge in [-0.1, -0.05) is 23.7 Å². The van der Waals surface area contributed by atoms with Crippen LogP contribution >= 0.6 is 11.6 Å². The number of rotatable bonds is 6. The molecule has 3 rings (SSSR count). The summed E-state index contributed by atoms with van der Waals surface area (Å²) in [5.41, 5.74) is 1.02. The Morgan fingerprint density at radius 2 is 1.81 bits per heavy atom. The van der Waals surface area contributed by atoms with Crippen LogP contribution in [0.1, 0.15) is 5.56 Å². The minimum atomic E-state index is -3.54. The molecule has 0 amide bonds. The van der Waals surface area contributed by atoms with Gasteiger partial charge in [0, 0.05) is 30.7 Å². The van der Waals surface area contributed by atoms with E-state index in [2.05, 4.69) is 5.32 Å². The second-order valence-corrected chi connectivity index (χ2v) is 8.31. The van der Waals surface area contributed by atoms with Crippen LogP contribution in [0.4, 0.5) is 11.4 Å². The molecule has 0 bridgehead atoms. The molecule has 1 heterocycles. The van der Waals surface area contributed by atoms with Gasteiger partial charge < -0.3 is 10.1 Å². The molecule has 1 fully saturated rings. The molecule has 1 aliphatic heterocycles. The van der Waals surface area contributed by atoms with Crippen molar-refractivity contribution in [2.75, 3.05) is 31.6 Å². The maximum Gasteiger partial charge on any atom is 0.293 e. The highest BCUT2D eigenvalue weighted by Crippen LogP contribution is 2.28. The predicted octanol–water partition coefficient (Wildman–Crippen LogP) is 2.88. The van der Waals surface area contributed by atoms with Crippen LogP contribution in [0.15, 0.2) is 47.4 Å². The third kappa shape index (κ3) is 4.56. The van der Waals surface area contributed by atoms with Crippen molar-refractivity contribution in [3.63, 3.8) is 0 Å². The van der Waals surface area contributed by atoms with Crippen LogP contribution in [0, 0.1) is 10.1 Å². The molecule has 0 spiro atoms. The number of sulfonamides is 1. The summed E-state index contributed by atoms with van der Waals surface area (Å²) in [6, 6.07) is 10.8. The van der Waals surface area contributed by atoms with E-state index in [1.165, 1.54) is 28.6 Å². The Hall–Kier alpha value is -2.20. The number of halogens is 1. The highest BCUT2D eigenvalue weighted by molar-refractivity contribution is 7.89. The topological polar surface area (TPSA) is 102 Å². The number of nitrogens with one attached hydrogen (secondary N) is 1. The zero-order valence-electron chi connectivity index (χ0n) is 14.3. The monoisotopic (exact) mass is 411 g/mol. The zero-order chi connectivity index (χ0) is 19.4. The lowest BCUT2D eigenvalue weighted by Crippen LogP contribution is -2.40. The molecule has 0 unspecified atom stereocenters. The predicted molar refractivity (Wildman–Crippen MR) is 101 cm³/mol. The van der Waals surface area contributed by atoms with Crippen LogP contribution in [0.3, 0.4) is 0 Å². The number of hydrogen-bond acceptors (Lipinski definition) is 6. The third-order valence-corrected chi connectivity index (χ3v) is 6.32. The third-order valence-electron chi connectivity index (χ3n) is 4.17. The van der Waals surface area contributed by atoms with Crippen molar-refractivity contribution in [2.45, 2.75) is 11.4 Å². The Balaban J connectivity index is 1.71. The molecule has 2 aromatic carbocycles. The number of hydrogen-bond donors (Lipinski definition) is 1. The van der Waals surface area contributed by atoms with Crippen LogP contribution in [0.25, 0.3) is 0 Å². The molecule has 8 nitrogen and oxygen atoms in total. The van der Waals surface area contributed by atoms with Gasteiger partial charge in [0.1, 0.15) is 5.69 Å². The van der Waals surface area contributed by atoms with Crippen molar-refractivity contribution in [1.82, 2.24) is 4.31 Å². The van der Waals surface area contributed by atoms with E-state index in [9.17, 15) is 18.5 Å². The van der Waals surface area contributed by atoms with E-state index >= 15 is 0 Å². The summed E-state index contributed by atoms with van der Waals surface area (Å²) in [4.78, 5) is 10.8. The van der Waals surface area contributed by atoms with Gasteiger partial charge in [-0.05, 0) is 29.8 Å². The first kappa shape index (κ1) is 19.6. The molecule has 0 saturated carbocycles. The lowest BCUT2D eigenvalue weighted by atomic mass is 10.2. The lowest BCUT2D eigenvalue weighted by molar-refractivity contribution is -0.383. The average Bonchev–Trinajstić information content (AvgIpc) is 2.68. The summed E-state index contributed by atoms with van der Waals surface area (Å²) in [5, 5.41) is 14.4. The van der Waals surface area contributed by atoms with Crippen molar-refractivity contribution in [1.29, 1.82) is 0 Å². The number of nitro benzene ring substituents is 1. The number of ether oxygens (including phenoxy) is 1. The average molecular weight is 412 g/mol. The van der Waals surface area contributed by atoms with Crippen molar-refractivity contribution in [2.24, 2.45) is 0 Å². The van der Waals surface area contributed by atoms with Gasteiger partial charge in [0.15, 0.2) is 0 Å². The summed E-state index contributed by atoms with van der Waals surface area (Å²) < 4.78 is 31.8. The molecule has 2 aromatic rings. The van der Waals surface area contributed by atoms with Crippen molar-refractivity contribution in [3.05, 3.63) is 63.2 Å². The zero-order valence-corrected chi connectivity index (χ0v) is 15.9. The van der Waals surface area contributed by atoms with E-state index < -0.39 is 14.9 Å². The van der Waals surface area contributed by atoms with Crippen molar-refractivity contribution >= 4 is 33.0 Å². The minimum absolute atomic E-state index is 0.117. The molecule has 27 heavy (non-hydrogen) atoms. The van der Waals surface area contributed by atoms with Crippen LogP contribution < -0.4 is 5.32 Å². The minimum Gasteiger partial charge on any atom is -0.379 e. The Kier molecular flexibility index (Phi) is 5.95. The Bertz CT molecular complexity index is 928. The number of morpholine rings is 1. The molecule has 0 aromatic heterocycles. The standard InChI is InChI=1S/C17H18ClN3O5S/c18-14-3-6-16(17(11-14)21(22)23)19-12-13-1-4-15(5-2-13)27(24,25)20-7-9-26-10-8-20/h1-6,11,19H,7-10,12H2. The summed E-state index contributed by atoms with van der Waals surface area (Å²) in [6.45, 7) is 1.76. The molecule has 1 aliphatic rings. The Morgan fingerprint density at radius 3 is 2.44 bits per heavy atom. The fourth-order valence-electron chi connectivity index (χ4n) is 2.72. The fourth-order valence-corrected chi connectivity index (χ4v) is 4.29. The summed E-state index contributed by atoms with van der Waals surface area (Å²) in [5.74, 6) is 0. The first-order chi connectivity index (χ1) is 12.9. The van der Waals surface area contributed by atoms with Gasteiger partial charge in [0.25, 0.3) is 5.69 Å². The van der Waals surface area contributed by atoms with E-state index in [1.807, 2.05) is 0 Å². The van der Waals surface area contributed by atoms with E-state index in [-0.39, 0.29) is 15.6 Å². The lowest BCUT2D eigenvalue weighted by Gasteiger charge is -2.26. The number of benzene rings is 2.